The van der Waals surface area contributed by atoms with Gasteiger partial charge in [-0.25, -0.2) is 0 Å². The molecule has 2 nitrogen and oxygen atoms in total. The Bertz CT molecular complexity index is 288. The van der Waals surface area contributed by atoms with E-state index in [0.29, 0.717) is 0 Å². The van der Waals surface area contributed by atoms with Crippen LogP contribution in [0.3, 0.4) is 0 Å². The van der Waals surface area contributed by atoms with Crippen LogP contribution in [-0.2, 0) is 4.79 Å². The van der Waals surface area contributed by atoms with Crippen molar-refractivity contribution in [1.29, 1.82) is 0 Å². The van der Waals surface area contributed by atoms with Crippen molar-refractivity contribution in [2.24, 2.45) is 0 Å². The summed E-state index contributed by atoms with van der Waals surface area (Å²) in [4.78, 5) is 8.81. The maximum absolute atomic E-state index is 8.81. The van der Waals surface area contributed by atoms with Crippen LogP contribution in [0.2, 0.25) is 0 Å². The Labute approximate surface area is 192 Å². The van der Waals surface area contributed by atoms with Gasteiger partial charge in [-0.1, -0.05) is 117 Å². The molecule has 0 bridgehead atoms. The maximum atomic E-state index is 8.81. The zero-order valence-electron chi connectivity index (χ0n) is 22.0. The number of hydrogen-bond acceptors (Lipinski definition) is 1. The van der Waals surface area contributed by atoms with Gasteiger partial charge in [0.2, 0.25) is 0 Å². The van der Waals surface area contributed by atoms with Crippen molar-refractivity contribution in [3.63, 3.8) is 0 Å². The zero-order chi connectivity index (χ0) is 22.8. The third-order valence-corrected chi connectivity index (χ3v) is 6.23. The molecule has 0 aliphatic carbocycles. The number of nitrogens with zero attached hydrogens (tertiary/aromatic N) is 1. The molecule has 0 aliphatic heterocycles. The van der Waals surface area contributed by atoms with Crippen LogP contribution in [0, 0.1) is 0 Å². The molecule has 182 valence electrons. The molecule has 0 aromatic heterocycles. The van der Waals surface area contributed by atoms with Gasteiger partial charge in [-0.2, -0.15) is 0 Å². The number of rotatable bonds is 22. The third kappa shape index (κ3) is 29.8. The molecule has 0 N–H and O–H groups in total. The Balaban J connectivity index is 0. The smallest absolute Gasteiger partial charge is 0.116 e. The fourth-order valence-corrected chi connectivity index (χ4v) is 4.17. The highest BCUT2D eigenvalue weighted by Crippen LogP contribution is 2.14. The molecule has 0 amide bonds. The summed E-state index contributed by atoms with van der Waals surface area (Å²) in [5, 5.41) is 0. The van der Waals surface area contributed by atoms with Gasteiger partial charge in [0.25, 0.3) is 0 Å². The molecule has 0 rings (SSSR count). The van der Waals surface area contributed by atoms with Crippen molar-refractivity contribution in [3.8, 4) is 0 Å². The fourth-order valence-electron chi connectivity index (χ4n) is 4.17. The minimum Gasteiger partial charge on any atom is -0.328 e. The van der Waals surface area contributed by atoms with Crippen LogP contribution < -0.4 is 0 Å². The molecular formula is C28H60NO+. The summed E-state index contributed by atoms with van der Waals surface area (Å²) in [5.41, 5.74) is 0. The summed E-state index contributed by atoms with van der Waals surface area (Å²) in [6, 6.07) is 0. The largest absolute Gasteiger partial charge is 0.328 e. The van der Waals surface area contributed by atoms with Gasteiger partial charge in [-0.15, -0.1) is 0 Å². The number of unbranched alkanes of at least 4 members (excludes halogenated alkanes) is 18. The lowest BCUT2D eigenvalue weighted by Gasteiger charge is -2.30. The molecule has 0 saturated carbocycles. The predicted molar refractivity (Wildman–Crippen MR) is 137 cm³/mol. The fraction of sp³-hybridized carbons (Fsp3) is 0.964. The number of carbonyl (C=O) groups is 1. The summed E-state index contributed by atoms with van der Waals surface area (Å²) in [7, 11) is 4.89. The average molecular weight is 427 g/mol. The summed E-state index contributed by atoms with van der Waals surface area (Å²) in [5.74, 6) is 0. The van der Waals surface area contributed by atoms with Crippen LogP contribution in [0.25, 0.3) is 0 Å². The minimum atomic E-state index is 0.750. The minimum absolute atomic E-state index is 0.750. The average Bonchev–Trinajstić information content (AvgIpc) is 2.71. The highest BCUT2D eigenvalue weighted by Gasteiger charge is 2.13. The van der Waals surface area contributed by atoms with Gasteiger partial charge in [0.1, 0.15) is 6.29 Å². The Hall–Kier alpha value is -0.370. The molecule has 0 aliphatic rings. The first-order chi connectivity index (χ1) is 14.5. The lowest BCUT2D eigenvalue weighted by atomic mass is 10.1. The monoisotopic (exact) mass is 426 g/mol. The first-order valence-corrected chi connectivity index (χ1v) is 13.8. The van der Waals surface area contributed by atoms with E-state index in [9.17, 15) is 0 Å². The van der Waals surface area contributed by atoms with E-state index in [1.54, 1.807) is 0 Å². The van der Waals surface area contributed by atoms with E-state index in [1.165, 1.54) is 153 Å². The van der Waals surface area contributed by atoms with Crippen LogP contribution in [-0.4, -0.2) is 38.0 Å². The molecule has 0 atom stereocenters. The van der Waals surface area contributed by atoms with E-state index in [0.717, 1.165) is 6.29 Å². The molecule has 0 saturated heterocycles. The normalized spacial score (nSPS) is 11.2. The van der Waals surface area contributed by atoms with E-state index >= 15 is 0 Å². The molecule has 0 heterocycles. The molecule has 0 spiro atoms. The van der Waals surface area contributed by atoms with Crippen LogP contribution >= 0.6 is 0 Å². The van der Waals surface area contributed by atoms with Gasteiger partial charge in [-0.05, 0) is 32.6 Å². The molecular weight excluding hydrogens is 366 g/mol. The maximum Gasteiger partial charge on any atom is 0.116 e. The van der Waals surface area contributed by atoms with Crippen molar-refractivity contribution in [2.45, 2.75) is 149 Å². The van der Waals surface area contributed by atoms with E-state index in [1.807, 2.05) is 0 Å². The van der Waals surface area contributed by atoms with Crippen LogP contribution in [0.5, 0.6) is 0 Å². The van der Waals surface area contributed by atoms with Gasteiger partial charge >= 0.3 is 0 Å². The first-order valence-electron chi connectivity index (χ1n) is 13.8. The lowest BCUT2D eigenvalue weighted by molar-refractivity contribution is -0.890. The summed E-state index contributed by atoms with van der Waals surface area (Å²) >= 11 is 0. The molecule has 2 heteroatoms. The van der Waals surface area contributed by atoms with Crippen molar-refractivity contribution < 1.29 is 9.28 Å². The topological polar surface area (TPSA) is 17.1 Å². The summed E-state index contributed by atoms with van der Waals surface area (Å²) in [6.45, 7) is 8.81. The second-order valence-corrected chi connectivity index (χ2v) is 9.98. The van der Waals surface area contributed by atoms with Gasteiger partial charge in [0.15, 0.2) is 0 Å². The Morgan fingerprint density at radius 3 is 0.900 bits per heavy atom. The van der Waals surface area contributed by atoms with Crippen LogP contribution in [0.15, 0.2) is 0 Å². The standard InChI is InChI=1S/C26H56N.C2H4O/c1-5-7-9-11-13-15-17-19-21-23-25-27(3,4)26-24-22-20-18-16-14-12-10-8-6-2;1-2-3/h5-26H2,1-4H3;2H,1H3/q+1;. The van der Waals surface area contributed by atoms with E-state index in [4.69, 9.17) is 4.79 Å². The molecule has 0 unspecified atom stereocenters. The SMILES string of the molecule is CC=O.CCCCCCCCCCCC[N+](C)(C)CCCCCCCCCCCC. The Morgan fingerprint density at radius 1 is 0.467 bits per heavy atom. The number of carbonyl (C=O) groups excluding carboxylic acids is 1. The highest BCUT2D eigenvalue weighted by atomic mass is 16.1. The van der Waals surface area contributed by atoms with E-state index in [-0.39, 0.29) is 0 Å². The highest BCUT2D eigenvalue weighted by molar-refractivity contribution is 5.44. The first kappa shape index (κ1) is 31.8. The third-order valence-electron chi connectivity index (χ3n) is 6.23. The molecule has 0 fully saturated rings. The Morgan fingerprint density at radius 2 is 0.667 bits per heavy atom. The number of aldehydes is 1. The van der Waals surface area contributed by atoms with Gasteiger partial charge < -0.3 is 9.28 Å². The predicted octanol–water partition coefficient (Wildman–Crippen LogP) is 9.11. The second-order valence-electron chi connectivity index (χ2n) is 9.98. The van der Waals surface area contributed by atoms with E-state index in [2.05, 4.69) is 27.9 Å². The number of hydrogen-bond donors (Lipinski definition) is 0. The van der Waals surface area contributed by atoms with Gasteiger partial charge in [0, 0.05) is 0 Å². The lowest BCUT2D eigenvalue weighted by Crippen LogP contribution is -2.41. The molecule has 30 heavy (non-hydrogen) atoms. The van der Waals surface area contributed by atoms with Crippen molar-refractivity contribution >= 4 is 6.29 Å². The zero-order valence-corrected chi connectivity index (χ0v) is 22.0. The molecule has 0 aromatic rings. The van der Waals surface area contributed by atoms with E-state index < -0.39 is 0 Å². The quantitative estimate of drug-likeness (QED) is 0.0958. The number of quaternary nitrogens is 1. The van der Waals surface area contributed by atoms with Crippen LogP contribution in [0.4, 0.5) is 0 Å². The second kappa shape index (κ2) is 26.7. The Kier molecular flexibility index (Phi) is 28.3. The van der Waals surface area contributed by atoms with Gasteiger partial charge in [-0.3, -0.25) is 0 Å². The van der Waals surface area contributed by atoms with Crippen LogP contribution in [0.1, 0.15) is 149 Å². The van der Waals surface area contributed by atoms with Gasteiger partial charge in [0.05, 0.1) is 27.2 Å². The molecule has 0 radical (unpaired) electrons. The summed E-state index contributed by atoms with van der Waals surface area (Å²) in [6.07, 6.45) is 29.7. The summed E-state index contributed by atoms with van der Waals surface area (Å²) < 4.78 is 1.24. The molecule has 0 aromatic carbocycles. The van der Waals surface area contributed by atoms with Crippen molar-refractivity contribution in [2.75, 3.05) is 27.2 Å². The van der Waals surface area contributed by atoms with Crippen molar-refractivity contribution in [1.82, 2.24) is 0 Å². The van der Waals surface area contributed by atoms with Crippen molar-refractivity contribution in [3.05, 3.63) is 0 Å².